The van der Waals surface area contributed by atoms with Gasteiger partial charge < -0.3 is 4.57 Å². The zero-order chi connectivity index (χ0) is 16.8. The normalized spacial score (nSPS) is 12.3. The average Bonchev–Trinajstić information content (AvgIpc) is 3.00. The maximum absolute atomic E-state index is 13.0. The van der Waals surface area contributed by atoms with E-state index in [1.54, 1.807) is 10.8 Å². The van der Waals surface area contributed by atoms with E-state index in [-0.39, 0.29) is 0 Å². The smallest absolute Gasteiger partial charge is 0.321 e. The highest BCUT2D eigenvalue weighted by molar-refractivity contribution is 9.10. The van der Waals surface area contributed by atoms with E-state index in [0.717, 1.165) is 16.9 Å². The van der Waals surface area contributed by atoms with Crippen molar-refractivity contribution in [3.8, 4) is 11.5 Å². The number of nitrogens with zero attached hydrogens (tertiary/aromatic N) is 4. The van der Waals surface area contributed by atoms with Gasteiger partial charge in [0.25, 0.3) is 0 Å². The van der Waals surface area contributed by atoms with Crippen LogP contribution in [0.3, 0.4) is 0 Å². The molecule has 122 valence electrons. The SMILES string of the molecule is CCSc1c(-c2ncc(Br)n2C)nc2ccc(C(F)(F)F)cn12. The fraction of sp³-hybridized carbons (Fsp3) is 0.286. The lowest BCUT2D eigenvalue weighted by atomic mass is 10.3. The lowest BCUT2D eigenvalue weighted by molar-refractivity contribution is -0.137. The van der Waals surface area contributed by atoms with Gasteiger partial charge in [-0.1, -0.05) is 6.92 Å². The van der Waals surface area contributed by atoms with Gasteiger partial charge in [0.2, 0.25) is 0 Å². The number of fused-ring (bicyclic) bond motifs is 1. The van der Waals surface area contributed by atoms with E-state index in [1.807, 2.05) is 14.0 Å². The Bertz CT molecular complexity index is 869. The van der Waals surface area contributed by atoms with E-state index < -0.39 is 11.7 Å². The predicted molar refractivity (Wildman–Crippen MR) is 86.5 cm³/mol. The van der Waals surface area contributed by atoms with Gasteiger partial charge in [-0.25, -0.2) is 9.97 Å². The molecule has 3 aromatic rings. The minimum Gasteiger partial charge on any atom is -0.321 e. The number of imidazole rings is 2. The van der Waals surface area contributed by atoms with E-state index in [9.17, 15) is 13.2 Å². The number of pyridine rings is 1. The zero-order valence-corrected chi connectivity index (χ0v) is 14.6. The molecule has 0 fully saturated rings. The first-order chi connectivity index (χ1) is 10.8. The standard InChI is InChI=1S/C14H12BrF3N4S/c1-3-23-13-11(12-19-6-9(15)21(12)2)20-10-5-4-8(7-22(10)13)14(16,17)18/h4-7H,3H2,1-2H3. The van der Waals surface area contributed by atoms with E-state index >= 15 is 0 Å². The first-order valence-electron chi connectivity index (χ1n) is 6.72. The highest BCUT2D eigenvalue weighted by Gasteiger charge is 2.31. The number of rotatable bonds is 3. The second-order valence-corrected chi connectivity index (χ2v) is 6.87. The molecule has 4 nitrogen and oxygen atoms in total. The molecular formula is C14H12BrF3N4S. The van der Waals surface area contributed by atoms with Crippen molar-refractivity contribution in [1.82, 2.24) is 18.9 Å². The van der Waals surface area contributed by atoms with Gasteiger partial charge in [0.05, 0.1) is 11.8 Å². The highest BCUT2D eigenvalue weighted by atomic mass is 79.9. The van der Waals surface area contributed by atoms with Crippen molar-refractivity contribution < 1.29 is 13.2 Å². The Morgan fingerprint density at radius 1 is 1.30 bits per heavy atom. The molecule has 9 heteroatoms. The van der Waals surface area contributed by atoms with Crippen molar-refractivity contribution in [2.45, 2.75) is 18.1 Å². The molecule has 23 heavy (non-hydrogen) atoms. The fourth-order valence-electron chi connectivity index (χ4n) is 2.22. The quantitative estimate of drug-likeness (QED) is 0.597. The lowest BCUT2D eigenvalue weighted by Gasteiger charge is -2.08. The van der Waals surface area contributed by atoms with Crippen molar-refractivity contribution in [2.24, 2.45) is 7.05 Å². The highest BCUT2D eigenvalue weighted by Crippen LogP contribution is 2.35. The van der Waals surface area contributed by atoms with Gasteiger partial charge in [-0.15, -0.1) is 11.8 Å². The Hall–Kier alpha value is -1.48. The number of hydrogen-bond acceptors (Lipinski definition) is 3. The molecule has 0 aliphatic carbocycles. The molecular weight excluding hydrogens is 393 g/mol. The molecule has 0 spiro atoms. The summed E-state index contributed by atoms with van der Waals surface area (Å²) in [6.45, 7) is 1.94. The summed E-state index contributed by atoms with van der Waals surface area (Å²) in [5, 5.41) is 0.648. The van der Waals surface area contributed by atoms with E-state index in [1.165, 1.54) is 22.2 Å². The van der Waals surface area contributed by atoms with Crippen LogP contribution in [0.2, 0.25) is 0 Å². The van der Waals surface area contributed by atoms with Crippen LogP contribution in [0.5, 0.6) is 0 Å². The van der Waals surface area contributed by atoms with Crippen LogP contribution in [0.4, 0.5) is 13.2 Å². The second kappa shape index (κ2) is 5.86. The van der Waals surface area contributed by atoms with Gasteiger partial charge in [0.15, 0.2) is 5.82 Å². The molecule has 0 N–H and O–H groups in total. The number of thioether (sulfide) groups is 1. The third-order valence-electron chi connectivity index (χ3n) is 3.33. The Balaban J connectivity index is 2.26. The van der Waals surface area contributed by atoms with Gasteiger partial charge in [0, 0.05) is 13.2 Å². The van der Waals surface area contributed by atoms with Crippen molar-refractivity contribution in [3.05, 3.63) is 34.7 Å². The molecule has 0 radical (unpaired) electrons. The Kier molecular flexibility index (Phi) is 4.18. The number of hydrogen-bond donors (Lipinski definition) is 0. The lowest BCUT2D eigenvalue weighted by Crippen LogP contribution is -2.06. The minimum atomic E-state index is -4.39. The average molecular weight is 405 g/mol. The first-order valence-corrected chi connectivity index (χ1v) is 8.50. The summed E-state index contributed by atoms with van der Waals surface area (Å²) < 4.78 is 43.0. The van der Waals surface area contributed by atoms with E-state index in [4.69, 9.17) is 0 Å². The Morgan fingerprint density at radius 3 is 2.61 bits per heavy atom. The van der Waals surface area contributed by atoms with Crippen molar-refractivity contribution >= 4 is 33.3 Å². The van der Waals surface area contributed by atoms with Crippen LogP contribution >= 0.6 is 27.7 Å². The summed E-state index contributed by atoms with van der Waals surface area (Å²) in [5.74, 6) is 1.31. The van der Waals surface area contributed by atoms with Crippen LogP contribution in [0, 0.1) is 0 Å². The molecule has 0 saturated heterocycles. The van der Waals surface area contributed by atoms with Gasteiger partial charge in [-0.3, -0.25) is 4.40 Å². The first kappa shape index (κ1) is 16.4. The molecule has 3 rings (SSSR count). The van der Waals surface area contributed by atoms with Gasteiger partial charge >= 0.3 is 6.18 Å². The Labute approximate surface area is 142 Å². The number of halogens is 4. The molecule has 0 amide bonds. The molecule has 3 heterocycles. The zero-order valence-electron chi connectivity index (χ0n) is 12.2. The maximum atomic E-state index is 13.0. The van der Waals surface area contributed by atoms with Crippen LogP contribution in [0.1, 0.15) is 12.5 Å². The molecule has 0 aromatic carbocycles. The van der Waals surface area contributed by atoms with Crippen LogP contribution in [-0.4, -0.2) is 24.7 Å². The largest absolute Gasteiger partial charge is 0.417 e. The third kappa shape index (κ3) is 2.87. The summed E-state index contributed by atoms with van der Waals surface area (Å²) in [6.07, 6.45) is -1.66. The summed E-state index contributed by atoms with van der Waals surface area (Å²) in [4.78, 5) is 8.77. The van der Waals surface area contributed by atoms with Crippen molar-refractivity contribution in [3.63, 3.8) is 0 Å². The second-order valence-electron chi connectivity index (χ2n) is 4.81. The van der Waals surface area contributed by atoms with Gasteiger partial charge in [-0.2, -0.15) is 13.2 Å². The maximum Gasteiger partial charge on any atom is 0.417 e. The summed E-state index contributed by atoms with van der Waals surface area (Å²) in [7, 11) is 1.82. The molecule has 0 bridgehead atoms. The topological polar surface area (TPSA) is 35.1 Å². The number of aromatic nitrogens is 4. The molecule has 3 aromatic heterocycles. The van der Waals surface area contributed by atoms with E-state index in [2.05, 4.69) is 25.9 Å². The number of alkyl halides is 3. The predicted octanol–water partition coefficient (Wildman–Crippen LogP) is 4.63. The summed E-state index contributed by atoms with van der Waals surface area (Å²) >= 11 is 4.80. The van der Waals surface area contributed by atoms with Gasteiger partial charge in [-0.05, 0) is 33.8 Å². The fourth-order valence-corrected chi connectivity index (χ4v) is 3.32. The van der Waals surface area contributed by atoms with Gasteiger partial charge in [0.1, 0.15) is 21.0 Å². The molecule has 0 atom stereocenters. The summed E-state index contributed by atoms with van der Waals surface area (Å²) in [5.41, 5.74) is 0.334. The molecule has 0 saturated carbocycles. The van der Waals surface area contributed by atoms with Crippen molar-refractivity contribution in [1.29, 1.82) is 0 Å². The molecule has 0 aliphatic heterocycles. The van der Waals surface area contributed by atoms with Crippen LogP contribution in [0.15, 0.2) is 34.2 Å². The summed E-state index contributed by atoms with van der Waals surface area (Å²) in [6, 6.07) is 2.42. The van der Waals surface area contributed by atoms with Crippen LogP contribution in [0.25, 0.3) is 17.2 Å². The van der Waals surface area contributed by atoms with Crippen LogP contribution in [-0.2, 0) is 13.2 Å². The Morgan fingerprint density at radius 2 is 2.04 bits per heavy atom. The molecule has 0 unspecified atom stereocenters. The van der Waals surface area contributed by atoms with Crippen LogP contribution < -0.4 is 0 Å². The monoisotopic (exact) mass is 404 g/mol. The van der Waals surface area contributed by atoms with E-state index in [0.29, 0.717) is 27.9 Å². The third-order valence-corrected chi connectivity index (χ3v) is 5.02. The van der Waals surface area contributed by atoms with Crippen molar-refractivity contribution in [2.75, 3.05) is 5.75 Å². The minimum absolute atomic E-state index is 0.461. The molecule has 0 aliphatic rings.